The summed E-state index contributed by atoms with van der Waals surface area (Å²) in [6, 6.07) is 27.0. The zero-order valence-electron chi connectivity index (χ0n) is 16.6. The van der Waals surface area contributed by atoms with Crippen LogP contribution in [0.5, 0.6) is 5.75 Å². The second kappa shape index (κ2) is 9.59. The smallest absolute Gasteiger partial charge is 0.142 e. The number of hydrogen-bond donors (Lipinski definition) is 0. The summed E-state index contributed by atoms with van der Waals surface area (Å²) < 4.78 is 8.14. The molecule has 0 N–H and O–H groups in total. The number of rotatable bonds is 6. The van der Waals surface area contributed by atoms with E-state index in [0.29, 0.717) is 6.61 Å². The molecule has 0 radical (unpaired) electrons. The normalized spacial score (nSPS) is 11.3. The Labute approximate surface area is 193 Å². The minimum Gasteiger partial charge on any atom is -0.487 e. The van der Waals surface area contributed by atoms with Crippen LogP contribution in [0.25, 0.3) is 10.8 Å². The van der Waals surface area contributed by atoms with Crippen molar-refractivity contribution >= 4 is 54.5 Å². The van der Waals surface area contributed by atoms with Crippen molar-refractivity contribution in [1.29, 1.82) is 0 Å². The van der Waals surface area contributed by atoms with E-state index in [-0.39, 0.29) is 0 Å². The SMILES string of the molecule is CCc1ccc(N=Cc2cc(Br)cc(Br)c2OCc2cccc3ccccc23)cc1. The van der Waals surface area contributed by atoms with E-state index in [1.165, 1.54) is 16.3 Å². The van der Waals surface area contributed by atoms with E-state index >= 15 is 0 Å². The Morgan fingerprint density at radius 1 is 0.900 bits per heavy atom. The lowest BCUT2D eigenvalue weighted by atomic mass is 10.1. The Kier molecular flexibility index (Phi) is 6.66. The predicted molar refractivity (Wildman–Crippen MR) is 133 cm³/mol. The minimum atomic E-state index is 0.480. The molecule has 30 heavy (non-hydrogen) atoms. The summed E-state index contributed by atoms with van der Waals surface area (Å²) in [6.45, 7) is 2.63. The van der Waals surface area contributed by atoms with Gasteiger partial charge in [-0.15, -0.1) is 0 Å². The molecule has 0 bridgehead atoms. The number of aliphatic imine (C=N–C) groups is 1. The van der Waals surface area contributed by atoms with Crippen molar-refractivity contribution in [2.75, 3.05) is 0 Å². The van der Waals surface area contributed by atoms with E-state index in [9.17, 15) is 0 Å². The quantitative estimate of drug-likeness (QED) is 0.233. The van der Waals surface area contributed by atoms with E-state index < -0.39 is 0 Å². The first-order chi connectivity index (χ1) is 14.6. The van der Waals surface area contributed by atoms with E-state index in [0.717, 1.165) is 37.9 Å². The highest BCUT2D eigenvalue weighted by atomic mass is 79.9. The van der Waals surface area contributed by atoms with Crippen molar-refractivity contribution in [2.24, 2.45) is 4.99 Å². The molecule has 0 unspecified atom stereocenters. The van der Waals surface area contributed by atoms with Crippen molar-refractivity contribution in [3.8, 4) is 5.75 Å². The number of nitrogens with zero attached hydrogens (tertiary/aromatic N) is 1. The highest BCUT2D eigenvalue weighted by Gasteiger charge is 2.10. The van der Waals surface area contributed by atoms with E-state index in [1.807, 2.05) is 30.5 Å². The van der Waals surface area contributed by atoms with Gasteiger partial charge in [0.05, 0.1) is 10.2 Å². The van der Waals surface area contributed by atoms with Crippen molar-refractivity contribution in [3.63, 3.8) is 0 Å². The third-order valence-corrected chi connectivity index (χ3v) is 6.03. The highest BCUT2D eigenvalue weighted by molar-refractivity contribution is 9.11. The maximum absolute atomic E-state index is 6.28. The third kappa shape index (κ3) is 4.82. The van der Waals surface area contributed by atoms with Gasteiger partial charge in [-0.3, -0.25) is 4.99 Å². The third-order valence-electron chi connectivity index (χ3n) is 4.99. The van der Waals surface area contributed by atoms with Crippen LogP contribution in [-0.4, -0.2) is 6.21 Å². The van der Waals surface area contributed by atoms with Gasteiger partial charge in [-0.05, 0) is 68.5 Å². The summed E-state index contributed by atoms with van der Waals surface area (Å²) in [7, 11) is 0. The van der Waals surface area contributed by atoms with Crippen LogP contribution in [0.1, 0.15) is 23.6 Å². The Balaban J connectivity index is 1.62. The summed E-state index contributed by atoms with van der Waals surface area (Å²) in [5.41, 5.74) is 4.29. The monoisotopic (exact) mass is 521 g/mol. The zero-order chi connectivity index (χ0) is 20.9. The first-order valence-electron chi connectivity index (χ1n) is 9.85. The van der Waals surface area contributed by atoms with Crippen LogP contribution in [-0.2, 0) is 13.0 Å². The Hall–Kier alpha value is -2.43. The molecule has 4 heteroatoms. The summed E-state index contributed by atoms with van der Waals surface area (Å²) in [6.07, 6.45) is 2.88. The van der Waals surface area contributed by atoms with Crippen LogP contribution in [0.4, 0.5) is 5.69 Å². The van der Waals surface area contributed by atoms with Gasteiger partial charge in [0.1, 0.15) is 12.4 Å². The molecule has 0 aliphatic carbocycles. The molecule has 4 aromatic carbocycles. The van der Waals surface area contributed by atoms with Gasteiger partial charge in [0.25, 0.3) is 0 Å². The highest BCUT2D eigenvalue weighted by Crippen LogP contribution is 2.33. The fraction of sp³-hybridized carbons (Fsp3) is 0.115. The summed E-state index contributed by atoms with van der Waals surface area (Å²) in [5.74, 6) is 0.778. The molecule has 0 heterocycles. The molecule has 0 fully saturated rings. The molecule has 4 aromatic rings. The van der Waals surface area contributed by atoms with Gasteiger partial charge in [-0.2, -0.15) is 0 Å². The largest absolute Gasteiger partial charge is 0.487 e. The number of halogens is 2. The Morgan fingerprint density at radius 2 is 1.67 bits per heavy atom. The van der Waals surface area contributed by atoms with Gasteiger partial charge in [0, 0.05) is 16.3 Å². The van der Waals surface area contributed by atoms with Crippen molar-refractivity contribution in [3.05, 3.63) is 104 Å². The van der Waals surface area contributed by atoms with E-state index in [2.05, 4.69) is 98.4 Å². The molecule has 2 nitrogen and oxygen atoms in total. The number of hydrogen-bond acceptors (Lipinski definition) is 2. The first-order valence-corrected chi connectivity index (χ1v) is 11.4. The van der Waals surface area contributed by atoms with E-state index in [1.54, 1.807) is 0 Å². The molecule has 0 aliphatic heterocycles. The van der Waals surface area contributed by atoms with Gasteiger partial charge < -0.3 is 4.74 Å². The number of benzene rings is 4. The lowest BCUT2D eigenvalue weighted by Gasteiger charge is -2.13. The molecule has 0 spiro atoms. The van der Waals surface area contributed by atoms with Crippen LogP contribution >= 0.6 is 31.9 Å². The maximum atomic E-state index is 6.28. The number of fused-ring (bicyclic) bond motifs is 1. The molecule has 0 atom stereocenters. The fourth-order valence-corrected chi connectivity index (χ4v) is 4.73. The van der Waals surface area contributed by atoms with Gasteiger partial charge in [-0.1, -0.05) is 77.5 Å². The molecule has 0 saturated carbocycles. The van der Waals surface area contributed by atoms with E-state index in [4.69, 9.17) is 4.74 Å². The van der Waals surface area contributed by atoms with Crippen LogP contribution in [0, 0.1) is 0 Å². The average molecular weight is 523 g/mol. The molecule has 0 saturated heterocycles. The molecular weight excluding hydrogens is 502 g/mol. The zero-order valence-corrected chi connectivity index (χ0v) is 19.8. The van der Waals surface area contributed by atoms with Crippen LogP contribution in [0.3, 0.4) is 0 Å². The van der Waals surface area contributed by atoms with Crippen LogP contribution in [0.15, 0.2) is 92.8 Å². The predicted octanol–water partition coefficient (Wildman–Crippen LogP) is 8.26. The summed E-state index contributed by atoms with van der Waals surface area (Å²) in [5, 5.41) is 2.42. The molecule has 0 aromatic heterocycles. The number of ether oxygens (including phenoxy) is 1. The average Bonchev–Trinajstić information content (AvgIpc) is 2.77. The van der Waals surface area contributed by atoms with Gasteiger partial charge in [0.2, 0.25) is 0 Å². The maximum Gasteiger partial charge on any atom is 0.142 e. The second-order valence-electron chi connectivity index (χ2n) is 7.01. The lowest BCUT2D eigenvalue weighted by molar-refractivity contribution is 0.305. The molecule has 0 aliphatic rings. The molecule has 150 valence electrons. The van der Waals surface area contributed by atoms with Crippen molar-refractivity contribution in [2.45, 2.75) is 20.0 Å². The first kappa shape index (κ1) is 20.8. The molecular formula is C26H21Br2NO. The number of aryl methyl sites for hydroxylation is 1. The van der Waals surface area contributed by atoms with Crippen LogP contribution in [0.2, 0.25) is 0 Å². The van der Waals surface area contributed by atoms with Crippen molar-refractivity contribution in [1.82, 2.24) is 0 Å². The fourth-order valence-electron chi connectivity index (χ4n) is 3.36. The molecule has 0 amide bonds. The standard InChI is InChI=1S/C26H21Br2NO/c1-2-18-10-12-23(13-11-18)29-16-21-14-22(27)15-25(28)26(21)30-17-20-8-5-7-19-6-3-4-9-24(19)20/h3-16H,2,17H2,1H3. The molecule has 4 rings (SSSR count). The van der Waals surface area contributed by atoms with Gasteiger partial charge >= 0.3 is 0 Å². The van der Waals surface area contributed by atoms with Crippen molar-refractivity contribution < 1.29 is 4.74 Å². The van der Waals surface area contributed by atoms with Crippen LogP contribution < -0.4 is 4.74 Å². The Morgan fingerprint density at radius 3 is 2.47 bits per heavy atom. The second-order valence-corrected chi connectivity index (χ2v) is 8.78. The summed E-state index contributed by atoms with van der Waals surface area (Å²) in [4.78, 5) is 4.65. The summed E-state index contributed by atoms with van der Waals surface area (Å²) >= 11 is 7.22. The topological polar surface area (TPSA) is 21.6 Å². The lowest BCUT2D eigenvalue weighted by Crippen LogP contribution is -2.00. The van der Waals surface area contributed by atoms with Gasteiger partial charge in [-0.25, -0.2) is 0 Å². The minimum absolute atomic E-state index is 0.480. The Bertz CT molecular complexity index is 1190. The van der Waals surface area contributed by atoms with Gasteiger partial charge in [0.15, 0.2) is 0 Å².